The SMILES string of the molecule is Brc1ccc2c(c1)c1cc(-n3c4ccccc4c4cc(-n5c6ccccc6c6ccccc65)ccc43)ccc1n2-c1ccccc1. The lowest BCUT2D eigenvalue weighted by Gasteiger charge is -2.11. The summed E-state index contributed by atoms with van der Waals surface area (Å²) in [6.07, 6.45) is 0. The Bertz CT molecular complexity index is 2760. The molecule has 0 aliphatic heterocycles. The number of aromatic nitrogens is 3. The van der Waals surface area contributed by atoms with Gasteiger partial charge in [0.2, 0.25) is 0 Å². The van der Waals surface area contributed by atoms with E-state index in [0.29, 0.717) is 0 Å². The third-order valence-electron chi connectivity index (χ3n) is 9.48. The van der Waals surface area contributed by atoms with Crippen molar-refractivity contribution in [3.8, 4) is 17.1 Å². The van der Waals surface area contributed by atoms with Gasteiger partial charge in [-0.3, -0.25) is 0 Å². The van der Waals surface area contributed by atoms with Gasteiger partial charge in [-0.1, -0.05) is 88.7 Å². The molecule has 0 saturated heterocycles. The van der Waals surface area contributed by atoms with Gasteiger partial charge < -0.3 is 13.7 Å². The molecule has 0 unspecified atom stereocenters. The molecule has 0 aliphatic rings. The van der Waals surface area contributed by atoms with Gasteiger partial charge in [0.1, 0.15) is 0 Å². The fourth-order valence-electron chi connectivity index (χ4n) is 7.56. The molecule has 7 aromatic carbocycles. The summed E-state index contributed by atoms with van der Waals surface area (Å²) in [5, 5.41) is 7.49. The molecule has 0 N–H and O–H groups in total. The van der Waals surface area contributed by atoms with Crippen LogP contribution in [0.1, 0.15) is 0 Å². The van der Waals surface area contributed by atoms with Gasteiger partial charge in [0, 0.05) is 53.9 Å². The normalized spacial score (nSPS) is 12.0. The summed E-state index contributed by atoms with van der Waals surface area (Å²) in [4.78, 5) is 0. The van der Waals surface area contributed by atoms with Gasteiger partial charge in [-0.15, -0.1) is 0 Å². The predicted molar refractivity (Wildman–Crippen MR) is 197 cm³/mol. The second-order valence-corrected chi connectivity index (χ2v) is 12.9. The zero-order valence-electron chi connectivity index (χ0n) is 24.7. The molecule has 0 amide bonds. The Morgan fingerprint density at radius 1 is 0.283 bits per heavy atom. The Labute approximate surface area is 273 Å². The zero-order chi connectivity index (χ0) is 30.4. The molecule has 4 heteroatoms. The molecule has 10 rings (SSSR count). The largest absolute Gasteiger partial charge is 0.309 e. The molecular formula is C42H26BrN3. The lowest BCUT2D eigenvalue weighted by molar-refractivity contribution is 1.16. The van der Waals surface area contributed by atoms with Crippen LogP contribution in [0.5, 0.6) is 0 Å². The summed E-state index contributed by atoms with van der Waals surface area (Å²) >= 11 is 3.74. The highest BCUT2D eigenvalue weighted by Crippen LogP contribution is 2.39. The maximum atomic E-state index is 3.74. The molecule has 0 fully saturated rings. The van der Waals surface area contributed by atoms with Gasteiger partial charge in [0.15, 0.2) is 0 Å². The van der Waals surface area contributed by atoms with E-state index in [1.54, 1.807) is 0 Å². The molecule has 3 heterocycles. The number of hydrogen-bond donors (Lipinski definition) is 0. The van der Waals surface area contributed by atoms with Crippen LogP contribution in [0.2, 0.25) is 0 Å². The third kappa shape index (κ3) is 3.59. The van der Waals surface area contributed by atoms with Crippen molar-refractivity contribution in [3.63, 3.8) is 0 Å². The van der Waals surface area contributed by atoms with Crippen LogP contribution in [0.25, 0.3) is 82.5 Å². The highest BCUT2D eigenvalue weighted by Gasteiger charge is 2.18. The summed E-state index contributed by atoms with van der Waals surface area (Å²) in [5.74, 6) is 0. The first-order chi connectivity index (χ1) is 22.7. The van der Waals surface area contributed by atoms with Gasteiger partial charge in [0.25, 0.3) is 0 Å². The number of fused-ring (bicyclic) bond motifs is 9. The Morgan fingerprint density at radius 3 is 1.20 bits per heavy atom. The lowest BCUT2D eigenvalue weighted by Crippen LogP contribution is -1.96. The smallest absolute Gasteiger partial charge is 0.0542 e. The van der Waals surface area contributed by atoms with E-state index < -0.39 is 0 Å². The van der Waals surface area contributed by atoms with Crippen LogP contribution in [0, 0.1) is 0 Å². The quantitative estimate of drug-likeness (QED) is 0.180. The van der Waals surface area contributed by atoms with E-state index in [2.05, 4.69) is 187 Å². The molecule has 3 aromatic heterocycles. The molecule has 3 nitrogen and oxygen atoms in total. The van der Waals surface area contributed by atoms with E-state index in [0.717, 1.165) is 15.8 Å². The molecule has 216 valence electrons. The Hall–Kier alpha value is -5.58. The maximum Gasteiger partial charge on any atom is 0.0542 e. The summed E-state index contributed by atoms with van der Waals surface area (Å²) in [6, 6.07) is 57.2. The maximum absolute atomic E-state index is 3.74. The van der Waals surface area contributed by atoms with E-state index in [4.69, 9.17) is 0 Å². The molecule has 0 spiro atoms. The topological polar surface area (TPSA) is 14.8 Å². The first kappa shape index (κ1) is 25.7. The number of hydrogen-bond acceptors (Lipinski definition) is 0. The second kappa shape index (κ2) is 9.71. The molecule has 0 radical (unpaired) electrons. The Morgan fingerprint density at radius 2 is 0.652 bits per heavy atom. The van der Waals surface area contributed by atoms with Crippen LogP contribution in [0.4, 0.5) is 0 Å². The fraction of sp³-hybridized carbons (Fsp3) is 0. The minimum absolute atomic E-state index is 1.08. The van der Waals surface area contributed by atoms with E-state index >= 15 is 0 Å². The van der Waals surface area contributed by atoms with Gasteiger partial charge in [0.05, 0.1) is 33.1 Å². The fourth-order valence-corrected chi connectivity index (χ4v) is 7.92. The van der Waals surface area contributed by atoms with Crippen LogP contribution >= 0.6 is 15.9 Å². The summed E-state index contributed by atoms with van der Waals surface area (Å²) < 4.78 is 8.26. The van der Waals surface area contributed by atoms with Crippen LogP contribution < -0.4 is 0 Å². The van der Waals surface area contributed by atoms with E-state index in [1.807, 2.05) is 0 Å². The lowest BCUT2D eigenvalue weighted by atomic mass is 10.1. The standard InChI is InChI=1S/C42H26BrN3/c43-27-18-21-40-34(24-27)36-26-30(20-23-42(36)44(40)28-10-2-1-3-11-28)46-39-17-9-6-14-33(39)35-25-29(19-22-41(35)46)45-37-15-7-4-12-31(37)32-13-5-8-16-38(32)45/h1-26H. The summed E-state index contributed by atoms with van der Waals surface area (Å²) in [7, 11) is 0. The van der Waals surface area contributed by atoms with Crippen molar-refractivity contribution >= 4 is 81.3 Å². The van der Waals surface area contributed by atoms with Crippen molar-refractivity contribution in [1.82, 2.24) is 13.7 Å². The first-order valence-corrected chi connectivity index (χ1v) is 16.4. The summed E-state index contributed by atoms with van der Waals surface area (Å²) in [5.41, 5.74) is 10.7. The number of nitrogens with zero attached hydrogens (tertiary/aromatic N) is 3. The van der Waals surface area contributed by atoms with E-state index in [-0.39, 0.29) is 0 Å². The minimum atomic E-state index is 1.08. The van der Waals surface area contributed by atoms with Crippen molar-refractivity contribution in [2.24, 2.45) is 0 Å². The molecule has 0 aliphatic carbocycles. The van der Waals surface area contributed by atoms with Crippen LogP contribution in [-0.2, 0) is 0 Å². The van der Waals surface area contributed by atoms with Gasteiger partial charge in [-0.2, -0.15) is 0 Å². The first-order valence-electron chi connectivity index (χ1n) is 15.6. The highest BCUT2D eigenvalue weighted by atomic mass is 79.9. The monoisotopic (exact) mass is 651 g/mol. The van der Waals surface area contributed by atoms with Crippen molar-refractivity contribution in [2.45, 2.75) is 0 Å². The van der Waals surface area contributed by atoms with E-state index in [9.17, 15) is 0 Å². The summed E-state index contributed by atoms with van der Waals surface area (Å²) in [6.45, 7) is 0. The average Bonchev–Trinajstić information content (AvgIpc) is 3.73. The van der Waals surface area contributed by atoms with Crippen molar-refractivity contribution < 1.29 is 0 Å². The van der Waals surface area contributed by atoms with Crippen molar-refractivity contribution in [2.75, 3.05) is 0 Å². The van der Waals surface area contributed by atoms with Gasteiger partial charge in [-0.05, 0) is 84.9 Å². The Kier molecular flexibility index (Phi) is 5.43. The Balaban J connectivity index is 1.24. The van der Waals surface area contributed by atoms with Crippen molar-refractivity contribution in [1.29, 1.82) is 0 Å². The highest BCUT2D eigenvalue weighted by molar-refractivity contribution is 9.10. The van der Waals surface area contributed by atoms with Gasteiger partial charge in [-0.25, -0.2) is 0 Å². The van der Waals surface area contributed by atoms with Crippen LogP contribution in [0.3, 0.4) is 0 Å². The predicted octanol–water partition coefficient (Wildman–Crippen LogP) is 11.7. The van der Waals surface area contributed by atoms with Gasteiger partial charge >= 0.3 is 0 Å². The number of para-hydroxylation sites is 4. The molecular weight excluding hydrogens is 626 g/mol. The van der Waals surface area contributed by atoms with Crippen LogP contribution in [-0.4, -0.2) is 13.7 Å². The minimum Gasteiger partial charge on any atom is -0.309 e. The van der Waals surface area contributed by atoms with E-state index in [1.165, 1.54) is 71.1 Å². The zero-order valence-corrected chi connectivity index (χ0v) is 26.3. The average molecular weight is 653 g/mol. The molecule has 10 aromatic rings. The molecule has 0 bridgehead atoms. The molecule has 0 atom stereocenters. The molecule has 46 heavy (non-hydrogen) atoms. The number of rotatable bonds is 3. The number of benzene rings is 7. The number of halogens is 1. The molecule has 0 saturated carbocycles. The van der Waals surface area contributed by atoms with Crippen molar-refractivity contribution in [3.05, 3.63) is 162 Å². The third-order valence-corrected chi connectivity index (χ3v) is 9.97. The second-order valence-electron chi connectivity index (χ2n) is 12.0. The van der Waals surface area contributed by atoms with Crippen LogP contribution in [0.15, 0.2) is 162 Å².